The van der Waals surface area contributed by atoms with Crippen LogP contribution in [0.15, 0.2) is 36.4 Å². The number of anilines is 1. The predicted octanol–water partition coefficient (Wildman–Crippen LogP) is 4.41. The molecular formula is C15H15ClFNO. The molecule has 0 saturated heterocycles. The number of nitrogens with one attached hydrogen (secondary N) is 1. The van der Waals surface area contributed by atoms with Gasteiger partial charge in [-0.2, -0.15) is 0 Å². The molecule has 2 aromatic rings. The lowest BCUT2D eigenvalue weighted by atomic mass is 10.1. The maximum Gasteiger partial charge on any atom is 0.123 e. The van der Waals surface area contributed by atoms with Crippen molar-refractivity contribution in [1.82, 2.24) is 0 Å². The van der Waals surface area contributed by atoms with Gasteiger partial charge in [0.1, 0.15) is 11.6 Å². The first-order valence-electron chi connectivity index (χ1n) is 5.92. The van der Waals surface area contributed by atoms with Crippen molar-refractivity contribution >= 4 is 17.3 Å². The Morgan fingerprint density at radius 2 is 2.00 bits per heavy atom. The summed E-state index contributed by atoms with van der Waals surface area (Å²) in [7, 11) is 1.60. The molecule has 0 aliphatic carbocycles. The lowest BCUT2D eigenvalue weighted by Crippen LogP contribution is -2.02. The van der Waals surface area contributed by atoms with E-state index in [4.69, 9.17) is 16.3 Å². The van der Waals surface area contributed by atoms with Crippen LogP contribution in [0.2, 0.25) is 5.02 Å². The minimum Gasteiger partial charge on any atom is -0.497 e. The Hall–Kier alpha value is -1.74. The summed E-state index contributed by atoms with van der Waals surface area (Å²) in [6, 6.07) is 10.1. The van der Waals surface area contributed by atoms with E-state index in [1.807, 2.05) is 13.0 Å². The minimum atomic E-state index is -0.237. The van der Waals surface area contributed by atoms with Crippen molar-refractivity contribution in [1.29, 1.82) is 0 Å². The van der Waals surface area contributed by atoms with Gasteiger partial charge in [-0.15, -0.1) is 0 Å². The number of hydrogen-bond donors (Lipinski definition) is 1. The number of ether oxygens (including phenoxy) is 1. The standard InChI is InChI=1S/C15H15ClFNO/c1-10-3-4-12(17)7-11(10)9-18-15-8-13(19-2)5-6-14(15)16/h3-8,18H,9H2,1-2H3. The molecule has 0 fully saturated rings. The largest absolute Gasteiger partial charge is 0.497 e. The minimum absolute atomic E-state index is 0.237. The molecule has 2 aromatic carbocycles. The van der Waals surface area contributed by atoms with E-state index in [9.17, 15) is 4.39 Å². The monoisotopic (exact) mass is 279 g/mol. The molecule has 1 N–H and O–H groups in total. The third kappa shape index (κ3) is 3.38. The molecule has 4 heteroatoms. The van der Waals surface area contributed by atoms with Crippen LogP contribution in [-0.2, 0) is 6.54 Å². The molecule has 0 heterocycles. The first kappa shape index (κ1) is 13.7. The number of aryl methyl sites for hydroxylation is 1. The Morgan fingerprint density at radius 1 is 1.21 bits per heavy atom. The Balaban J connectivity index is 2.16. The number of halogens is 2. The van der Waals surface area contributed by atoms with Gasteiger partial charge in [-0.05, 0) is 42.3 Å². The zero-order valence-corrected chi connectivity index (χ0v) is 11.6. The van der Waals surface area contributed by atoms with Crippen LogP contribution in [0.1, 0.15) is 11.1 Å². The molecular weight excluding hydrogens is 265 g/mol. The topological polar surface area (TPSA) is 21.3 Å². The summed E-state index contributed by atoms with van der Waals surface area (Å²) in [5.41, 5.74) is 2.71. The van der Waals surface area contributed by atoms with Crippen molar-refractivity contribution in [3.8, 4) is 5.75 Å². The molecule has 0 radical (unpaired) electrons. The second-order valence-corrected chi connectivity index (χ2v) is 4.68. The van der Waals surface area contributed by atoms with Gasteiger partial charge in [0.2, 0.25) is 0 Å². The van der Waals surface area contributed by atoms with Crippen LogP contribution in [0.4, 0.5) is 10.1 Å². The zero-order valence-electron chi connectivity index (χ0n) is 10.8. The van der Waals surface area contributed by atoms with Crippen LogP contribution in [0.3, 0.4) is 0 Å². The summed E-state index contributed by atoms with van der Waals surface area (Å²) in [5.74, 6) is 0.488. The second kappa shape index (κ2) is 5.93. The number of benzene rings is 2. The molecule has 2 nitrogen and oxygen atoms in total. The highest BCUT2D eigenvalue weighted by atomic mass is 35.5. The average Bonchev–Trinajstić information content (AvgIpc) is 2.41. The molecule has 0 amide bonds. The summed E-state index contributed by atoms with van der Waals surface area (Å²) < 4.78 is 18.3. The molecule has 0 aliphatic rings. The summed E-state index contributed by atoms with van der Waals surface area (Å²) in [5, 5.41) is 3.80. The van der Waals surface area contributed by atoms with Crippen molar-refractivity contribution in [2.75, 3.05) is 12.4 Å². The molecule has 0 unspecified atom stereocenters. The van der Waals surface area contributed by atoms with Crippen LogP contribution < -0.4 is 10.1 Å². The summed E-state index contributed by atoms with van der Waals surface area (Å²) in [4.78, 5) is 0. The van der Waals surface area contributed by atoms with E-state index < -0.39 is 0 Å². The van der Waals surface area contributed by atoms with Crippen LogP contribution >= 0.6 is 11.6 Å². The van der Waals surface area contributed by atoms with E-state index in [1.54, 1.807) is 25.3 Å². The smallest absolute Gasteiger partial charge is 0.123 e. The van der Waals surface area contributed by atoms with Crippen LogP contribution in [0.25, 0.3) is 0 Å². The van der Waals surface area contributed by atoms with Crippen molar-refractivity contribution in [3.05, 3.63) is 58.4 Å². The number of rotatable bonds is 4. The highest BCUT2D eigenvalue weighted by Crippen LogP contribution is 2.27. The van der Waals surface area contributed by atoms with Crippen LogP contribution in [0, 0.1) is 12.7 Å². The van der Waals surface area contributed by atoms with Crippen molar-refractivity contribution in [3.63, 3.8) is 0 Å². The fourth-order valence-corrected chi connectivity index (χ4v) is 1.97. The van der Waals surface area contributed by atoms with Gasteiger partial charge in [0.25, 0.3) is 0 Å². The van der Waals surface area contributed by atoms with Gasteiger partial charge in [-0.25, -0.2) is 4.39 Å². The molecule has 0 aromatic heterocycles. The van der Waals surface area contributed by atoms with Gasteiger partial charge in [0, 0.05) is 12.6 Å². The van der Waals surface area contributed by atoms with Gasteiger partial charge in [0.05, 0.1) is 17.8 Å². The normalized spacial score (nSPS) is 10.3. The predicted molar refractivity (Wildman–Crippen MR) is 76.5 cm³/mol. The summed E-state index contributed by atoms with van der Waals surface area (Å²) in [6.07, 6.45) is 0. The van der Waals surface area contributed by atoms with E-state index in [1.165, 1.54) is 12.1 Å². The van der Waals surface area contributed by atoms with Gasteiger partial charge in [-0.1, -0.05) is 17.7 Å². The van der Waals surface area contributed by atoms with Gasteiger partial charge in [-0.3, -0.25) is 0 Å². The highest BCUT2D eigenvalue weighted by Gasteiger charge is 2.04. The molecule has 100 valence electrons. The van der Waals surface area contributed by atoms with Crippen molar-refractivity contribution < 1.29 is 9.13 Å². The van der Waals surface area contributed by atoms with Gasteiger partial charge < -0.3 is 10.1 Å². The molecule has 0 saturated carbocycles. The van der Waals surface area contributed by atoms with E-state index in [2.05, 4.69) is 5.32 Å². The third-order valence-corrected chi connectivity index (χ3v) is 3.28. The van der Waals surface area contributed by atoms with E-state index >= 15 is 0 Å². The van der Waals surface area contributed by atoms with Crippen molar-refractivity contribution in [2.45, 2.75) is 13.5 Å². The molecule has 0 atom stereocenters. The molecule has 19 heavy (non-hydrogen) atoms. The van der Waals surface area contributed by atoms with Crippen LogP contribution in [-0.4, -0.2) is 7.11 Å². The Labute approximate surface area is 117 Å². The molecule has 2 rings (SSSR count). The van der Waals surface area contributed by atoms with Gasteiger partial charge in [0.15, 0.2) is 0 Å². The molecule has 0 spiro atoms. The Morgan fingerprint density at radius 3 is 2.74 bits per heavy atom. The van der Waals surface area contributed by atoms with Crippen LogP contribution in [0.5, 0.6) is 5.75 Å². The fourth-order valence-electron chi connectivity index (χ4n) is 1.79. The van der Waals surface area contributed by atoms with Gasteiger partial charge >= 0.3 is 0 Å². The number of hydrogen-bond acceptors (Lipinski definition) is 2. The quantitative estimate of drug-likeness (QED) is 0.895. The lowest BCUT2D eigenvalue weighted by molar-refractivity contribution is 0.415. The fraction of sp³-hybridized carbons (Fsp3) is 0.200. The summed E-state index contributed by atoms with van der Waals surface area (Å²) >= 11 is 6.10. The molecule has 0 aliphatic heterocycles. The second-order valence-electron chi connectivity index (χ2n) is 4.27. The average molecular weight is 280 g/mol. The first-order chi connectivity index (χ1) is 9.10. The van der Waals surface area contributed by atoms with E-state index in [-0.39, 0.29) is 5.82 Å². The zero-order chi connectivity index (χ0) is 13.8. The Bertz CT molecular complexity index is 586. The molecule has 0 bridgehead atoms. The number of methoxy groups -OCH3 is 1. The third-order valence-electron chi connectivity index (χ3n) is 2.95. The van der Waals surface area contributed by atoms with E-state index in [0.29, 0.717) is 11.6 Å². The summed E-state index contributed by atoms with van der Waals surface area (Å²) in [6.45, 7) is 2.46. The van der Waals surface area contributed by atoms with E-state index in [0.717, 1.165) is 22.6 Å². The SMILES string of the molecule is COc1ccc(Cl)c(NCc2cc(F)ccc2C)c1. The lowest BCUT2D eigenvalue weighted by Gasteiger charge is -2.12. The van der Waals surface area contributed by atoms with Crippen molar-refractivity contribution in [2.24, 2.45) is 0 Å². The Kier molecular flexibility index (Phi) is 4.27. The first-order valence-corrected chi connectivity index (χ1v) is 6.30. The maximum absolute atomic E-state index is 13.2. The maximum atomic E-state index is 13.2. The highest BCUT2D eigenvalue weighted by molar-refractivity contribution is 6.33.